The summed E-state index contributed by atoms with van der Waals surface area (Å²) in [4.78, 5) is 0. The molecule has 0 fully saturated rings. The normalized spacial score (nSPS) is 10.6. The number of ether oxygens (including phenoxy) is 1. The molecular weight excluding hydrogens is 321 g/mol. The molecule has 0 atom stereocenters. The quantitative estimate of drug-likeness (QED) is 0.862. The monoisotopic (exact) mass is 337 g/mol. The van der Waals surface area contributed by atoms with E-state index in [-0.39, 0.29) is 5.82 Å². The SMILES string of the molecule is CNCCc1ccc(COc2cc(F)cc(Br)c2)cc1. The largest absolute Gasteiger partial charge is 0.489 e. The fourth-order valence-electron chi connectivity index (χ4n) is 1.85. The number of rotatable bonds is 6. The van der Waals surface area contributed by atoms with Crippen molar-refractivity contribution in [1.29, 1.82) is 0 Å². The third-order valence-electron chi connectivity index (χ3n) is 2.93. The summed E-state index contributed by atoms with van der Waals surface area (Å²) < 4.78 is 19.5. The Morgan fingerprint density at radius 1 is 1.10 bits per heavy atom. The molecule has 2 rings (SSSR count). The molecule has 0 aliphatic carbocycles. The van der Waals surface area contributed by atoms with Gasteiger partial charge in [0.2, 0.25) is 0 Å². The zero-order valence-corrected chi connectivity index (χ0v) is 12.9. The number of hydrogen-bond donors (Lipinski definition) is 1. The Labute approximate surface area is 127 Å². The summed E-state index contributed by atoms with van der Waals surface area (Å²) >= 11 is 3.25. The third-order valence-corrected chi connectivity index (χ3v) is 3.39. The summed E-state index contributed by atoms with van der Waals surface area (Å²) in [6.07, 6.45) is 1.01. The molecule has 0 radical (unpaired) electrons. The van der Waals surface area contributed by atoms with E-state index in [0.29, 0.717) is 16.8 Å². The fraction of sp³-hybridized carbons (Fsp3) is 0.250. The highest BCUT2D eigenvalue weighted by molar-refractivity contribution is 9.10. The lowest BCUT2D eigenvalue weighted by Crippen LogP contribution is -2.10. The van der Waals surface area contributed by atoms with E-state index in [1.807, 2.05) is 19.2 Å². The smallest absolute Gasteiger partial charge is 0.128 e. The van der Waals surface area contributed by atoms with Crippen LogP contribution in [-0.4, -0.2) is 13.6 Å². The molecule has 2 nitrogen and oxygen atoms in total. The van der Waals surface area contributed by atoms with Crippen molar-refractivity contribution in [2.75, 3.05) is 13.6 Å². The Morgan fingerprint density at radius 3 is 2.45 bits per heavy atom. The van der Waals surface area contributed by atoms with Gasteiger partial charge >= 0.3 is 0 Å². The molecule has 0 heterocycles. The van der Waals surface area contributed by atoms with E-state index >= 15 is 0 Å². The average molecular weight is 338 g/mol. The molecule has 0 unspecified atom stereocenters. The van der Waals surface area contributed by atoms with Gasteiger partial charge in [0.05, 0.1) is 0 Å². The first-order valence-corrected chi connectivity index (χ1v) is 7.28. The van der Waals surface area contributed by atoms with E-state index < -0.39 is 0 Å². The highest BCUT2D eigenvalue weighted by atomic mass is 79.9. The summed E-state index contributed by atoms with van der Waals surface area (Å²) in [6, 6.07) is 12.8. The fourth-order valence-corrected chi connectivity index (χ4v) is 2.29. The Morgan fingerprint density at radius 2 is 1.80 bits per heavy atom. The van der Waals surface area contributed by atoms with Gasteiger partial charge < -0.3 is 10.1 Å². The molecule has 1 N–H and O–H groups in total. The number of benzene rings is 2. The summed E-state index contributed by atoms with van der Waals surface area (Å²) in [7, 11) is 1.94. The number of likely N-dealkylation sites (N-methyl/N-ethyl adjacent to an activating group) is 1. The van der Waals surface area contributed by atoms with Gasteiger partial charge in [-0.2, -0.15) is 0 Å². The number of nitrogens with one attached hydrogen (secondary N) is 1. The van der Waals surface area contributed by atoms with Gasteiger partial charge in [0, 0.05) is 10.5 Å². The molecule has 0 bridgehead atoms. The van der Waals surface area contributed by atoms with Crippen LogP contribution in [0.25, 0.3) is 0 Å². The molecule has 2 aromatic carbocycles. The molecule has 20 heavy (non-hydrogen) atoms. The van der Waals surface area contributed by atoms with Gasteiger partial charge in [0.25, 0.3) is 0 Å². The van der Waals surface area contributed by atoms with E-state index in [1.165, 1.54) is 17.7 Å². The molecule has 4 heteroatoms. The Balaban J connectivity index is 1.93. The van der Waals surface area contributed by atoms with E-state index in [1.54, 1.807) is 6.07 Å². The van der Waals surface area contributed by atoms with E-state index in [2.05, 4.69) is 33.4 Å². The van der Waals surface area contributed by atoms with Crippen molar-refractivity contribution in [1.82, 2.24) is 5.32 Å². The van der Waals surface area contributed by atoms with Gasteiger partial charge in [-0.05, 0) is 43.3 Å². The molecule has 2 aromatic rings. The van der Waals surface area contributed by atoms with Crippen molar-refractivity contribution in [3.05, 3.63) is 63.9 Å². The molecule has 0 aliphatic rings. The summed E-state index contributed by atoms with van der Waals surface area (Å²) in [6.45, 7) is 1.40. The molecule has 0 amide bonds. The standard InChI is InChI=1S/C16H17BrFNO/c1-19-7-6-12-2-4-13(5-3-12)11-20-16-9-14(17)8-15(18)10-16/h2-5,8-10,19H,6-7,11H2,1H3. The first-order valence-electron chi connectivity index (χ1n) is 6.48. The predicted molar refractivity (Wildman–Crippen MR) is 82.5 cm³/mol. The highest BCUT2D eigenvalue weighted by Gasteiger charge is 2.01. The van der Waals surface area contributed by atoms with Gasteiger partial charge in [-0.15, -0.1) is 0 Å². The predicted octanol–water partition coefficient (Wildman–Crippen LogP) is 3.93. The van der Waals surface area contributed by atoms with Gasteiger partial charge in [-0.3, -0.25) is 0 Å². The maximum absolute atomic E-state index is 13.2. The zero-order chi connectivity index (χ0) is 14.4. The Hall–Kier alpha value is -1.39. The van der Waals surface area contributed by atoms with Gasteiger partial charge in [0.15, 0.2) is 0 Å². The topological polar surface area (TPSA) is 21.3 Å². The third kappa shape index (κ3) is 4.62. The van der Waals surface area contributed by atoms with E-state index in [0.717, 1.165) is 18.5 Å². The van der Waals surface area contributed by atoms with Crippen molar-refractivity contribution >= 4 is 15.9 Å². The van der Waals surface area contributed by atoms with Crippen LogP contribution in [0.2, 0.25) is 0 Å². The van der Waals surface area contributed by atoms with Crippen LogP contribution in [0.5, 0.6) is 5.75 Å². The molecule has 106 valence electrons. The zero-order valence-electron chi connectivity index (χ0n) is 11.3. The van der Waals surface area contributed by atoms with Crippen LogP contribution in [0.15, 0.2) is 46.9 Å². The van der Waals surface area contributed by atoms with Crippen LogP contribution in [0.4, 0.5) is 4.39 Å². The summed E-state index contributed by atoms with van der Waals surface area (Å²) in [5, 5.41) is 3.12. The molecule has 0 saturated heterocycles. The first kappa shape index (κ1) is 15.0. The van der Waals surface area contributed by atoms with Crippen LogP contribution in [0.3, 0.4) is 0 Å². The van der Waals surface area contributed by atoms with Crippen LogP contribution in [0.1, 0.15) is 11.1 Å². The van der Waals surface area contributed by atoms with Gasteiger partial charge in [0.1, 0.15) is 18.2 Å². The second kappa shape index (κ2) is 7.41. The molecule has 0 saturated carbocycles. The second-order valence-corrected chi connectivity index (χ2v) is 5.48. The van der Waals surface area contributed by atoms with Crippen LogP contribution < -0.4 is 10.1 Å². The van der Waals surface area contributed by atoms with Gasteiger partial charge in [-0.25, -0.2) is 4.39 Å². The average Bonchev–Trinajstić information content (AvgIpc) is 2.43. The van der Waals surface area contributed by atoms with Crippen LogP contribution in [-0.2, 0) is 13.0 Å². The van der Waals surface area contributed by atoms with Crippen molar-refractivity contribution in [3.63, 3.8) is 0 Å². The maximum Gasteiger partial charge on any atom is 0.128 e. The molecular formula is C16H17BrFNO. The highest BCUT2D eigenvalue weighted by Crippen LogP contribution is 2.21. The minimum Gasteiger partial charge on any atom is -0.489 e. The first-order chi connectivity index (χ1) is 9.67. The van der Waals surface area contributed by atoms with Crippen LogP contribution >= 0.6 is 15.9 Å². The van der Waals surface area contributed by atoms with Crippen molar-refractivity contribution < 1.29 is 9.13 Å². The van der Waals surface area contributed by atoms with Crippen LogP contribution in [0, 0.1) is 5.82 Å². The lowest BCUT2D eigenvalue weighted by atomic mass is 10.1. The van der Waals surface area contributed by atoms with E-state index in [4.69, 9.17) is 4.74 Å². The Bertz CT molecular complexity index is 537. The Kier molecular flexibility index (Phi) is 5.56. The summed E-state index contributed by atoms with van der Waals surface area (Å²) in [5.74, 6) is 0.216. The van der Waals surface area contributed by atoms with Crippen molar-refractivity contribution in [3.8, 4) is 5.75 Å². The second-order valence-electron chi connectivity index (χ2n) is 4.56. The lowest BCUT2D eigenvalue weighted by molar-refractivity contribution is 0.304. The molecule has 0 aromatic heterocycles. The molecule has 0 aliphatic heterocycles. The maximum atomic E-state index is 13.2. The van der Waals surface area contributed by atoms with Crippen molar-refractivity contribution in [2.45, 2.75) is 13.0 Å². The lowest BCUT2D eigenvalue weighted by Gasteiger charge is -2.08. The van der Waals surface area contributed by atoms with Gasteiger partial charge in [-0.1, -0.05) is 40.2 Å². The number of hydrogen-bond acceptors (Lipinski definition) is 2. The summed E-state index contributed by atoms with van der Waals surface area (Å²) in [5.41, 5.74) is 2.36. The number of halogens is 2. The molecule has 0 spiro atoms. The minimum atomic E-state index is -0.309. The van der Waals surface area contributed by atoms with E-state index in [9.17, 15) is 4.39 Å². The minimum absolute atomic E-state index is 0.309. The van der Waals surface area contributed by atoms with Crippen molar-refractivity contribution in [2.24, 2.45) is 0 Å².